The van der Waals surface area contributed by atoms with Crippen LogP contribution in [0.3, 0.4) is 0 Å². The van der Waals surface area contributed by atoms with E-state index in [1.165, 1.54) is 25.7 Å². The molecule has 8 nitrogen and oxygen atoms in total. The molecule has 0 unspecified atom stereocenters. The van der Waals surface area contributed by atoms with Gasteiger partial charge in [0, 0.05) is 13.1 Å². The third kappa shape index (κ3) is 21.4. The molecule has 0 aromatic heterocycles. The maximum Gasteiger partial charge on any atom is -0.693 e. The van der Waals surface area contributed by atoms with Gasteiger partial charge >= 0.3 is 99.8 Å². The topological polar surface area (TPSA) is 120 Å². The Morgan fingerprint density at radius 1 is 0.567 bits per heavy atom. The van der Waals surface area contributed by atoms with Gasteiger partial charge in [0.25, 0.3) is 0 Å². The normalized spacial score (nSPS) is 14.2. The van der Waals surface area contributed by atoms with E-state index in [0.29, 0.717) is 35.5 Å². The summed E-state index contributed by atoms with van der Waals surface area (Å²) >= 11 is 10.6. The third-order valence-electron chi connectivity index (χ3n) is 3.79. The summed E-state index contributed by atoms with van der Waals surface area (Å²) in [7, 11) is 0. The van der Waals surface area contributed by atoms with E-state index < -0.39 is 0 Å². The number of hydrogen-bond acceptors (Lipinski definition) is 6. The van der Waals surface area contributed by atoms with Crippen LogP contribution in [0.5, 0.6) is 0 Å². The predicted octanol–water partition coefficient (Wildman–Crippen LogP) is 5.92. The summed E-state index contributed by atoms with van der Waals surface area (Å²) in [6.07, 6.45) is 13.0. The van der Waals surface area contributed by atoms with Crippen LogP contribution in [0.1, 0.15) is 25.7 Å². The van der Waals surface area contributed by atoms with Crippen LogP contribution in [-0.4, -0.2) is 69.2 Å². The Bertz CT molecular complexity index is 384. The minimum Gasteiger partial charge on any atom is -0.693 e. The van der Waals surface area contributed by atoms with E-state index in [9.17, 15) is 0 Å². The molecule has 0 aromatic carbocycles. The van der Waals surface area contributed by atoms with E-state index in [1.807, 2.05) is 22.2 Å². The van der Waals surface area contributed by atoms with Crippen molar-refractivity contribution in [1.82, 2.24) is 19.6 Å². The minimum atomic E-state index is 0. The van der Waals surface area contributed by atoms with Crippen LogP contribution in [0.15, 0.2) is 24.8 Å². The molecular weight excluding hydrogens is 1210 g/mol. The molecule has 0 aliphatic carbocycles. The van der Waals surface area contributed by atoms with Gasteiger partial charge < -0.3 is 42.1 Å². The molecule has 2 rings (SSSR count). The second-order valence-corrected chi connectivity index (χ2v) is 38.9. The number of unbranched alkanes of at least 4 members (excludes halogenated alkanes) is 3. The number of β-amino-alcohol motifs (C(OH)–C–C–N with tert-alkyl or cyclic N) is 2. The molecule has 0 fully saturated rings. The van der Waals surface area contributed by atoms with E-state index in [-0.39, 0.29) is 25.5 Å². The fourth-order valence-electron chi connectivity index (χ4n) is 2.58. The fourth-order valence-corrected chi connectivity index (χ4v) is 2.58. The Morgan fingerprint density at radius 3 is 1.10 bits per heavy atom. The van der Waals surface area contributed by atoms with Crippen molar-refractivity contribution in [2.45, 2.75) is 25.7 Å². The first kappa shape index (κ1) is 37.4. The Morgan fingerprint density at radius 2 is 0.833 bits per heavy atom. The average molecular weight is 1240 g/mol. The van der Waals surface area contributed by atoms with Crippen molar-refractivity contribution < 1.29 is 32.6 Å². The number of hydrogen-bond donors (Lipinski definition) is 2. The van der Waals surface area contributed by atoms with Gasteiger partial charge in [-0.15, -0.1) is 0 Å². The molecule has 186 valence electrons. The molecule has 0 saturated carbocycles. The van der Waals surface area contributed by atoms with Crippen LogP contribution in [0, 0.1) is 13.3 Å². The zero-order valence-electron chi connectivity index (χ0n) is 16.5. The largest absolute Gasteiger partial charge is 0.693 e. The summed E-state index contributed by atoms with van der Waals surface area (Å²) < 4.78 is 0. The average Bonchev–Trinajstić information content (AvgIpc) is 3.30. The van der Waals surface area contributed by atoms with Gasteiger partial charge in [0.1, 0.15) is 0 Å². The number of aliphatic hydroxyl groups excluding tert-OH is 2. The van der Waals surface area contributed by atoms with E-state index in [4.69, 9.17) is 10.2 Å². The molecule has 14 heteroatoms. The smallest absolute Gasteiger partial charge is 0.693 e. The summed E-state index contributed by atoms with van der Waals surface area (Å²) in [5, 5.41) is 17.8. The molecule has 0 aromatic rings. The third-order valence-corrected chi connectivity index (χ3v) is 3.79. The summed E-state index contributed by atoms with van der Waals surface area (Å²) in [6, 6.07) is 0. The summed E-state index contributed by atoms with van der Waals surface area (Å²) in [4.78, 5) is 8.38. The van der Waals surface area contributed by atoms with Crippen LogP contribution < -0.4 is 0 Å². The molecular formula is C16H32I4N6O2Pt2. The van der Waals surface area contributed by atoms with Crippen LogP contribution >= 0.6 is 77.4 Å². The summed E-state index contributed by atoms with van der Waals surface area (Å²) in [5.74, 6) is 0. The zero-order chi connectivity index (χ0) is 21.0. The predicted molar refractivity (Wildman–Crippen MR) is 153 cm³/mol. The zero-order valence-corrected chi connectivity index (χ0v) is 29.7. The van der Waals surface area contributed by atoms with Gasteiger partial charge in [-0.25, -0.2) is 0 Å². The van der Waals surface area contributed by atoms with Gasteiger partial charge in [-0.3, -0.25) is 0 Å². The first-order chi connectivity index (χ1) is 13.6. The number of nitrogens with zero attached hydrogens (tertiary/aromatic N) is 4. The van der Waals surface area contributed by atoms with Gasteiger partial charge in [0.15, 0.2) is 0 Å². The second kappa shape index (κ2) is 28.1. The van der Waals surface area contributed by atoms with Gasteiger partial charge in [-0.2, -0.15) is 13.3 Å². The van der Waals surface area contributed by atoms with Gasteiger partial charge in [0.2, 0.25) is 0 Å². The van der Waals surface area contributed by atoms with Crippen molar-refractivity contribution in [1.29, 1.82) is 0 Å². The number of halogens is 4. The Kier molecular flexibility index (Phi) is 34.9. The monoisotopic (exact) mass is 1240 g/mol. The van der Waals surface area contributed by atoms with Crippen molar-refractivity contribution in [3.63, 3.8) is 0 Å². The van der Waals surface area contributed by atoms with E-state index in [0.717, 1.165) is 13.1 Å². The molecule has 2 aliphatic heterocycles. The Labute approximate surface area is 241 Å². The molecule has 0 bridgehead atoms. The first-order valence-electron chi connectivity index (χ1n) is 8.61. The molecule has 0 spiro atoms. The molecule has 30 heavy (non-hydrogen) atoms. The number of rotatable bonds is 11. The molecule has 0 atom stereocenters. The van der Waals surface area contributed by atoms with Gasteiger partial charge in [-0.05, 0) is 50.7 Å². The van der Waals surface area contributed by atoms with Crippen LogP contribution in [0.25, 0.3) is 12.3 Å². The maximum atomic E-state index is 8.88. The Hall–Kier alpha value is 2.82. The second-order valence-electron chi connectivity index (χ2n) is 5.73. The number of nitrogens with two attached hydrogens (primary N) is 2. The van der Waals surface area contributed by atoms with Crippen molar-refractivity contribution in [3.05, 3.63) is 50.4 Å². The minimum absolute atomic E-state index is 0. The van der Waals surface area contributed by atoms with Crippen molar-refractivity contribution >= 4 is 77.4 Å². The molecule has 0 amide bonds. The van der Waals surface area contributed by atoms with E-state index in [1.54, 1.807) is 0 Å². The van der Waals surface area contributed by atoms with Gasteiger partial charge in [-0.1, -0.05) is 12.8 Å². The van der Waals surface area contributed by atoms with Crippen molar-refractivity contribution in [2.75, 3.05) is 39.4 Å². The SMILES string of the molecule is OCCN1C=CN(CCCCCCN2C=CN(CCO)[CH-]2)[CH-]1.[I][Pt+2][I].[I][Pt+2][I].[NH2-].[NH2-]. The first-order valence-corrected chi connectivity index (χ1v) is 34.4. The van der Waals surface area contributed by atoms with Crippen molar-refractivity contribution in [3.8, 4) is 0 Å². The van der Waals surface area contributed by atoms with Crippen LogP contribution in [-0.2, 0) is 22.4 Å². The van der Waals surface area contributed by atoms with Crippen LogP contribution in [0.2, 0.25) is 0 Å². The van der Waals surface area contributed by atoms with E-state index >= 15 is 0 Å². The summed E-state index contributed by atoms with van der Waals surface area (Å²) in [5.41, 5.74) is 0. The quantitative estimate of drug-likeness (QED) is 0.151. The molecule has 2 aliphatic rings. The van der Waals surface area contributed by atoms with E-state index in [2.05, 4.69) is 113 Å². The van der Waals surface area contributed by atoms with Gasteiger partial charge in [0.05, 0.1) is 13.2 Å². The molecule has 6 N–H and O–H groups in total. The fraction of sp³-hybridized carbons (Fsp3) is 0.625. The summed E-state index contributed by atoms with van der Waals surface area (Å²) in [6.45, 7) is 7.89. The standard InChI is InChI=1S/C16H28N4O2.4HI.2H2N.2Pt/c21-13-11-19-9-7-17(15-19)5-3-1-2-4-6-18-8-10-20(16-18)12-14-22;;;;;;;;/h7-10,15-16,21-22H,1-6,11-14H2;4*1H;2*1H2;;/q-2;;;;;2*-1;2*+4/p-4. The maximum absolute atomic E-state index is 8.88. The Balaban J connectivity index is -0.000000816. The molecule has 2 heterocycles. The molecule has 0 saturated heterocycles. The molecule has 0 radical (unpaired) electrons. The number of aliphatic hydroxyl groups is 2. The van der Waals surface area contributed by atoms with Crippen LogP contribution in [0.4, 0.5) is 0 Å². The van der Waals surface area contributed by atoms with Crippen molar-refractivity contribution in [2.24, 2.45) is 0 Å².